The van der Waals surface area contributed by atoms with Gasteiger partial charge in [0.15, 0.2) is 0 Å². The average molecular weight is 480 g/mol. The number of guanidine groups is 1. The van der Waals surface area contributed by atoms with E-state index in [0.717, 1.165) is 11.0 Å². The number of hydrogen-bond acceptors (Lipinski definition) is 5. The highest BCUT2D eigenvalue weighted by Crippen LogP contribution is 2.36. The Morgan fingerprint density at radius 3 is 2.15 bits per heavy atom. The molecule has 1 aromatic carbocycles. The van der Waals surface area contributed by atoms with Gasteiger partial charge < -0.3 is 15.2 Å². The number of ether oxygens (including phenoxy) is 2. The second-order valence-electron chi connectivity index (χ2n) is 9.21. The quantitative estimate of drug-likeness (QED) is 0.433. The van der Waals surface area contributed by atoms with Gasteiger partial charge in [0, 0.05) is 11.8 Å². The van der Waals surface area contributed by atoms with Crippen molar-refractivity contribution in [1.29, 1.82) is 0 Å². The summed E-state index contributed by atoms with van der Waals surface area (Å²) in [6.07, 6.45) is -5.48. The summed E-state index contributed by atoms with van der Waals surface area (Å²) in [7, 11) is 0. The van der Waals surface area contributed by atoms with Crippen LogP contribution in [0, 0.1) is 0 Å². The Labute approximate surface area is 195 Å². The molecule has 0 unspecified atom stereocenters. The van der Waals surface area contributed by atoms with Crippen LogP contribution >= 0.6 is 0 Å². The Hall–Kier alpha value is -3.63. The third-order valence-electron chi connectivity index (χ3n) is 3.90. The van der Waals surface area contributed by atoms with Gasteiger partial charge in [-0.2, -0.15) is 13.2 Å². The number of halogens is 3. The molecule has 2 amide bonds. The highest BCUT2D eigenvalue weighted by atomic mass is 19.4. The first-order chi connectivity index (χ1) is 15.5. The van der Waals surface area contributed by atoms with Crippen molar-refractivity contribution in [3.05, 3.63) is 48.2 Å². The van der Waals surface area contributed by atoms with E-state index in [2.05, 4.69) is 9.98 Å². The van der Waals surface area contributed by atoms with Crippen LogP contribution in [0.5, 0.6) is 0 Å². The Balaban J connectivity index is 2.59. The average Bonchev–Trinajstić information content (AvgIpc) is 2.64. The summed E-state index contributed by atoms with van der Waals surface area (Å²) < 4.78 is 51.0. The van der Waals surface area contributed by atoms with Gasteiger partial charge in [0.2, 0.25) is 5.96 Å². The molecule has 0 fully saturated rings. The van der Waals surface area contributed by atoms with Crippen molar-refractivity contribution in [1.82, 2.24) is 4.98 Å². The van der Waals surface area contributed by atoms with E-state index < -0.39 is 41.1 Å². The molecular formula is C23H27F3N4O4. The van der Waals surface area contributed by atoms with Gasteiger partial charge in [-0.1, -0.05) is 12.1 Å². The second kappa shape index (κ2) is 9.70. The number of nitrogens with zero attached hydrogens (tertiary/aromatic N) is 3. The summed E-state index contributed by atoms with van der Waals surface area (Å²) in [6.45, 7) is 9.71. The number of aromatic nitrogens is 1. The van der Waals surface area contributed by atoms with Crippen molar-refractivity contribution < 1.29 is 32.2 Å². The number of amides is 2. The first kappa shape index (κ1) is 26.6. The highest BCUT2D eigenvalue weighted by Gasteiger charge is 2.35. The summed E-state index contributed by atoms with van der Waals surface area (Å²) in [5.74, 6) is -0.585. The molecule has 0 radical (unpaired) electrons. The van der Waals surface area contributed by atoms with Crippen molar-refractivity contribution in [3.63, 3.8) is 0 Å². The number of hydrogen-bond donors (Lipinski definition) is 1. The molecule has 0 aliphatic carbocycles. The van der Waals surface area contributed by atoms with Gasteiger partial charge >= 0.3 is 18.4 Å². The first-order valence-corrected chi connectivity index (χ1v) is 10.2. The Bertz CT molecular complexity index is 1090. The highest BCUT2D eigenvalue weighted by molar-refractivity contribution is 6.15. The van der Waals surface area contributed by atoms with Crippen LogP contribution in [0.1, 0.15) is 47.1 Å². The molecular weight excluding hydrogens is 453 g/mol. The van der Waals surface area contributed by atoms with Crippen molar-refractivity contribution in [2.75, 3.05) is 4.90 Å². The molecule has 1 heterocycles. The lowest BCUT2D eigenvalue weighted by Crippen LogP contribution is -2.45. The van der Waals surface area contributed by atoms with Gasteiger partial charge in [0.25, 0.3) is 0 Å². The summed E-state index contributed by atoms with van der Waals surface area (Å²) in [5.41, 5.74) is 2.92. The van der Waals surface area contributed by atoms with Crippen molar-refractivity contribution in [2.24, 2.45) is 10.7 Å². The molecule has 2 aromatic rings. The fourth-order valence-electron chi connectivity index (χ4n) is 2.72. The van der Waals surface area contributed by atoms with Crippen LogP contribution in [0.2, 0.25) is 0 Å². The molecule has 1 aromatic heterocycles. The van der Waals surface area contributed by atoms with Gasteiger partial charge in [-0.05, 0) is 65.8 Å². The van der Waals surface area contributed by atoms with Gasteiger partial charge in [-0.3, -0.25) is 4.98 Å². The summed E-state index contributed by atoms with van der Waals surface area (Å²) in [5, 5.41) is 0. The van der Waals surface area contributed by atoms with Crippen LogP contribution in [0.25, 0.3) is 11.3 Å². The number of carbonyl (C=O) groups is 2. The van der Waals surface area contributed by atoms with E-state index in [9.17, 15) is 22.8 Å². The van der Waals surface area contributed by atoms with Crippen LogP contribution < -0.4 is 10.6 Å². The van der Waals surface area contributed by atoms with Crippen LogP contribution in [-0.4, -0.2) is 34.3 Å². The molecule has 34 heavy (non-hydrogen) atoms. The van der Waals surface area contributed by atoms with Crippen LogP contribution in [0.4, 0.5) is 28.4 Å². The first-order valence-electron chi connectivity index (χ1n) is 10.2. The van der Waals surface area contributed by atoms with E-state index in [4.69, 9.17) is 15.2 Å². The summed E-state index contributed by atoms with van der Waals surface area (Å²) in [6, 6.07) is 7.56. The lowest BCUT2D eigenvalue weighted by Gasteiger charge is -2.27. The van der Waals surface area contributed by atoms with Crippen LogP contribution in [0.15, 0.2) is 47.6 Å². The summed E-state index contributed by atoms with van der Waals surface area (Å²) >= 11 is 0. The van der Waals surface area contributed by atoms with Gasteiger partial charge in [-0.25, -0.2) is 14.5 Å². The molecule has 8 nitrogen and oxygen atoms in total. The number of nitrogens with two attached hydrogens (primary N) is 1. The zero-order valence-electron chi connectivity index (χ0n) is 19.7. The lowest BCUT2D eigenvalue weighted by molar-refractivity contribution is -0.137. The predicted octanol–water partition coefficient (Wildman–Crippen LogP) is 5.76. The molecule has 0 spiro atoms. The predicted molar refractivity (Wildman–Crippen MR) is 121 cm³/mol. The maximum absolute atomic E-state index is 13.5. The van der Waals surface area contributed by atoms with Crippen LogP contribution in [0.3, 0.4) is 0 Å². The van der Waals surface area contributed by atoms with Gasteiger partial charge in [0.1, 0.15) is 11.2 Å². The molecule has 0 saturated heterocycles. The second-order valence-corrected chi connectivity index (χ2v) is 9.21. The van der Waals surface area contributed by atoms with Crippen molar-refractivity contribution in [2.45, 2.75) is 58.9 Å². The fraction of sp³-hybridized carbons (Fsp3) is 0.391. The number of pyridine rings is 1. The molecule has 0 aliphatic rings. The minimum Gasteiger partial charge on any atom is -0.443 e. The number of benzene rings is 1. The SMILES string of the molecule is CC(C)(C)OC(=O)N=C(N)N(C(=O)OC(C)(C)C)c1cccc(-c2ncccc2C(F)(F)F)c1. The number of rotatable bonds is 2. The zero-order valence-corrected chi connectivity index (χ0v) is 19.7. The van der Waals surface area contributed by atoms with E-state index in [1.807, 2.05) is 0 Å². The molecule has 11 heteroatoms. The van der Waals surface area contributed by atoms with E-state index in [1.165, 1.54) is 36.5 Å². The minimum absolute atomic E-state index is 0.00957. The monoisotopic (exact) mass is 480 g/mol. The normalized spacial score (nSPS) is 12.8. The van der Waals surface area contributed by atoms with Crippen LogP contribution in [-0.2, 0) is 15.7 Å². The maximum Gasteiger partial charge on any atom is 0.437 e. The summed E-state index contributed by atoms with van der Waals surface area (Å²) in [4.78, 5) is 33.3. The van der Waals surface area contributed by atoms with Crippen molar-refractivity contribution in [3.8, 4) is 11.3 Å². The molecule has 0 bridgehead atoms. The van der Waals surface area contributed by atoms with E-state index >= 15 is 0 Å². The molecule has 2 N–H and O–H groups in total. The third kappa shape index (κ3) is 7.46. The fourth-order valence-corrected chi connectivity index (χ4v) is 2.72. The Kier molecular flexibility index (Phi) is 7.59. The Morgan fingerprint density at radius 1 is 0.971 bits per heavy atom. The number of aliphatic imine (C=N–C) groups is 1. The van der Waals surface area contributed by atoms with E-state index in [-0.39, 0.29) is 16.9 Å². The van der Waals surface area contributed by atoms with E-state index in [0.29, 0.717) is 0 Å². The number of alkyl halides is 3. The largest absolute Gasteiger partial charge is 0.443 e. The molecule has 0 aliphatic heterocycles. The Morgan fingerprint density at radius 2 is 1.59 bits per heavy atom. The third-order valence-corrected chi connectivity index (χ3v) is 3.90. The molecule has 0 atom stereocenters. The molecule has 184 valence electrons. The minimum atomic E-state index is -4.65. The van der Waals surface area contributed by atoms with Crippen molar-refractivity contribution >= 4 is 23.8 Å². The zero-order chi connectivity index (χ0) is 25.9. The van der Waals surface area contributed by atoms with E-state index in [1.54, 1.807) is 41.5 Å². The van der Waals surface area contributed by atoms with Gasteiger partial charge in [-0.15, -0.1) is 4.99 Å². The smallest absolute Gasteiger partial charge is 0.437 e. The standard InChI is InChI=1S/C23H27F3N4O4/c1-21(2,3)33-19(31)29-18(27)30(20(32)34-22(4,5)6)15-10-7-9-14(13-15)17-16(23(24,25)26)11-8-12-28-17/h7-13H,1-6H3,(H2,27,29,31). The topological polar surface area (TPSA) is 107 Å². The molecule has 2 rings (SSSR count). The maximum atomic E-state index is 13.5. The lowest BCUT2D eigenvalue weighted by atomic mass is 10.0. The molecule has 0 saturated carbocycles. The number of carbonyl (C=O) groups excluding carboxylic acids is 2. The number of anilines is 1. The van der Waals surface area contributed by atoms with Gasteiger partial charge in [0.05, 0.1) is 16.9 Å².